The first-order valence-corrected chi connectivity index (χ1v) is 5.19. The highest BCUT2D eigenvalue weighted by molar-refractivity contribution is 6.09. The maximum atomic E-state index is 12.0. The Bertz CT molecular complexity index is 423. The van der Waals surface area contributed by atoms with Crippen LogP contribution in [-0.2, 0) is 4.79 Å². The minimum absolute atomic E-state index is 0.317. The van der Waals surface area contributed by atoms with Gasteiger partial charge in [0.1, 0.15) is 5.92 Å². The molecule has 0 amide bonds. The monoisotopic (exact) mass is 220 g/mol. The molecular weight excluding hydrogens is 204 g/mol. The molecule has 1 aromatic rings. The fraction of sp³-hybridized carbons (Fsp3) is 0.385. The van der Waals surface area contributed by atoms with Crippen LogP contribution in [0.5, 0.6) is 0 Å². The first kappa shape index (κ1) is 12.4. The van der Waals surface area contributed by atoms with E-state index in [1.54, 1.807) is 0 Å². The van der Waals surface area contributed by atoms with Gasteiger partial charge in [-0.1, -0.05) is 17.7 Å². The minimum Gasteiger partial charge on any atom is -0.481 e. The fourth-order valence-electron chi connectivity index (χ4n) is 1.90. The number of carbonyl (C=O) groups is 2. The van der Waals surface area contributed by atoms with Crippen LogP contribution in [0.4, 0.5) is 0 Å². The van der Waals surface area contributed by atoms with Crippen molar-refractivity contribution in [1.82, 2.24) is 0 Å². The molecule has 1 aromatic carbocycles. The zero-order valence-corrected chi connectivity index (χ0v) is 10.00. The number of Topliss-reactive ketones (excluding diaryl/α,β-unsaturated/α-hetero) is 1. The summed E-state index contributed by atoms with van der Waals surface area (Å²) in [5.74, 6) is -2.38. The highest BCUT2D eigenvalue weighted by Crippen LogP contribution is 2.20. The standard InChI is InChI=1S/C13H16O3/c1-7-5-8(2)11(9(3)6-7)12(14)10(4)13(15)16/h5-6,10H,1-4H3,(H,15,16). The molecule has 3 nitrogen and oxygen atoms in total. The Kier molecular flexibility index (Phi) is 3.48. The molecule has 0 saturated heterocycles. The molecule has 1 unspecified atom stereocenters. The molecule has 0 heterocycles. The zero-order chi connectivity index (χ0) is 12.5. The number of carboxylic acid groups (broad SMARTS) is 1. The van der Waals surface area contributed by atoms with Crippen LogP contribution < -0.4 is 0 Å². The van der Waals surface area contributed by atoms with Crippen molar-refractivity contribution in [3.63, 3.8) is 0 Å². The largest absolute Gasteiger partial charge is 0.481 e. The van der Waals surface area contributed by atoms with Crippen molar-refractivity contribution >= 4 is 11.8 Å². The Morgan fingerprint density at radius 1 is 1.12 bits per heavy atom. The highest BCUT2D eigenvalue weighted by Gasteiger charge is 2.24. The van der Waals surface area contributed by atoms with E-state index in [1.807, 2.05) is 32.9 Å². The van der Waals surface area contributed by atoms with E-state index < -0.39 is 11.9 Å². The second-order valence-corrected chi connectivity index (χ2v) is 4.20. The Morgan fingerprint density at radius 3 is 1.94 bits per heavy atom. The summed E-state index contributed by atoms with van der Waals surface area (Å²) in [6, 6.07) is 3.80. The molecular formula is C13H16O3. The van der Waals surface area contributed by atoms with Crippen molar-refractivity contribution < 1.29 is 14.7 Å². The van der Waals surface area contributed by atoms with E-state index in [9.17, 15) is 9.59 Å². The van der Waals surface area contributed by atoms with Crippen molar-refractivity contribution in [3.05, 3.63) is 34.4 Å². The van der Waals surface area contributed by atoms with Gasteiger partial charge in [-0.2, -0.15) is 0 Å². The predicted octanol–water partition coefficient (Wildman–Crippen LogP) is 2.52. The van der Waals surface area contributed by atoms with Gasteiger partial charge in [-0.3, -0.25) is 9.59 Å². The normalized spacial score (nSPS) is 12.2. The van der Waals surface area contributed by atoms with Crippen molar-refractivity contribution in [2.24, 2.45) is 5.92 Å². The smallest absolute Gasteiger partial charge is 0.314 e. The van der Waals surface area contributed by atoms with Crippen LogP contribution in [0.15, 0.2) is 12.1 Å². The molecule has 1 atom stereocenters. The zero-order valence-electron chi connectivity index (χ0n) is 10.00. The van der Waals surface area contributed by atoms with Crippen LogP contribution >= 0.6 is 0 Å². The number of benzene rings is 1. The number of rotatable bonds is 3. The van der Waals surface area contributed by atoms with Gasteiger partial charge in [-0.25, -0.2) is 0 Å². The summed E-state index contributed by atoms with van der Waals surface area (Å²) in [4.78, 5) is 22.7. The third-order valence-corrected chi connectivity index (χ3v) is 2.69. The van der Waals surface area contributed by atoms with Gasteiger partial charge >= 0.3 is 5.97 Å². The third kappa shape index (κ3) is 2.30. The number of aliphatic carboxylic acids is 1. The number of carbonyl (C=O) groups excluding carboxylic acids is 1. The second-order valence-electron chi connectivity index (χ2n) is 4.20. The second kappa shape index (κ2) is 4.47. The molecule has 0 bridgehead atoms. The van der Waals surface area contributed by atoms with Crippen LogP contribution in [-0.4, -0.2) is 16.9 Å². The third-order valence-electron chi connectivity index (χ3n) is 2.69. The number of ketones is 1. The van der Waals surface area contributed by atoms with Crippen LogP contribution in [0.1, 0.15) is 34.0 Å². The van der Waals surface area contributed by atoms with Crippen LogP contribution in [0.25, 0.3) is 0 Å². The summed E-state index contributed by atoms with van der Waals surface area (Å²) in [6.07, 6.45) is 0. The maximum Gasteiger partial charge on any atom is 0.314 e. The van der Waals surface area contributed by atoms with Crippen LogP contribution in [0.2, 0.25) is 0 Å². The summed E-state index contributed by atoms with van der Waals surface area (Å²) in [6.45, 7) is 7.04. The molecule has 1 rings (SSSR count). The van der Waals surface area contributed by atoms with E-state index >= 15 is 0 Å². The molecule has 0 fully saturated rings. The van der Waals surface area contributed by atoms with E-state index in [2.05, 4.69) is 0 Å². The number of carboxylic acids is 1. The van der Waals surface area contributed by atoms with E-state index in [4.69, 9.17) is 5.11 Å². The fourth-order valence-corrected chi connectivity index (χ4v) is 1.90. The Balaban J connectivity index is 3.24. The molecule has 1 N–H and O–H groups in total. The first-order valence-electron chi connectivity index (χ1n) is 5.19. The van der Waals surface area contributed by atoms with Gasteiger partial charge in [0.2, 0.25) is 0 Å². The molecule has 0 aliphatic heterocycles. The van der Waals surface area contributed by atoms with Gasteiger partial charge in [0.25, 0.3) is 0 Å². The minimum atomic E-state index is -1.08. The van der Waals surface area contributed by atoms with Crippen molar-refractivity contribution in [2.45, 2.75) is 27.7 Å². The molecule has 0 aliphatic carbocycles. The van der Waals surface area contributed by atoms with Gasteiger partial charge < -0.3 is 5.11 Å². The predicted molar refractivity (Wildman–Crippen MR) is 61.8 cm³/mol. The SMILES string of the molecule is Cc1cc(C)c(C(=O)C(C)C(=O)O)c(C)c1. The lowest BCUT2D eigenvalue weighted by Crippen LogP contribution is -2.22. The molecule has 0 radical (unpaired) electrons. The molecule has 0 aliphatic rings. The van der Waals surface area contributed by atoms with Crippen molar-refractivity contribution in [3.8, 4) is 0 Å². The van der Waals surface area contributed by atoms with Gasteiger partial charge in [0.05, 0.1) is 0 Å². The van der Waals surface area contributed by atoms with Crippen LogP contribution in [0, 0.1) is 26.7 Å². The average molecular weight is 220 g/mol. The molecule has 0 spiro atoms. The number of aryl methyl sites for hydroxylation is 3. The number of hydrogen-bond acceptors (Lipinski definition) is 2. The quantitative estimate of drug-likeness (QED) is 0.629. The summed E-state index contributed by atoms with van der Waals surface area (Å²) in [5.41, 5.74) is 3.31. The average Bonchev–Trinajstić information content (AvgIpc) is 2.14. The molecule has 3 heteroatoms. The van der Waals surface area contributed by atoms with E-state index in [0.29, 0.717) is 5.56 Å². The van der Waals surface area contributed by atoms with Crippen molar-refractivity contribution in [2.75, 3.05) is 0 Å². The Labute approximate surface area is 95.1 Å². The number of hydrogen-bond donors (Lipinski definition) is 1. The van der Waals surface area contributed by atoms with Gasteiger partial charge in [-0.15, -0.1) is 0 Å². The van der Waals surface area contributed by atoms with Crippen LogP contribution in [0.3, 0.4) is 0 Å². The highest BCUT2D eigenvalue weighted by atomic mass is 16.4. The summed E-state index contributed by atoms with van der Waals surface area (Å²) < 4.78 is 0. The van der Waals surface area contributed by atoms with Crippen molar-refractivity contribution in [1.29, 1.82) is 0 Å². The molecule has 0 aromatic heterocycles. The summed E-state index contributed by atoms with van der Waals surface area (Å²) in [5, 5.41) is 8.83. The first-order chi connectivity index (χ1) is 7.34. The summed E-state index contributed by atoms with van der Waals surface area (Å²) in [7, 11) is 0. The molecule has 86 valence electrons. The lowest BCUT2D eigenvalue weighted by atomic mass is 9.91. The Morgan fingerprint density at radius 2 is 1.56 bits per heavy atom. The molecule has 16 heavy (non-hydrogen) atoms. The van der Waals surface area contributed by atoms with E-state index in [0.717, 1.165) is 16.7 Å². The van der Waals surface area contributed by atoms with E-state index in [1.165, 1.54) is 6.92 Å². The summed E-state index contributed by atoms with van der Waals surface area (Å²) >= 11 is 0. The Hall–Kier alpha value is -1.64. The maximum absolute atomic E-state index is 12.0. The molecule has 0 saturated carbocycles. The van der Waals surface area contributed by atoms with Gasteiger partial charge in [0, 0.05) is 5.56 Å². The lowest BCUT2D eigenvalue weighted by Gasteiger charge is -2.12. The topological polar surface area (TPSA) is 54.4 Å². The lowest BCUT2D eigenvalue weighted by molar-refractivity contribution is -0.139. The van der Waals surface area contributed by atoms with Gasteiger partial charge in [-0.05, 0) is 38.8 Å². The van der Waals surface area contributed by atoms with E-state index in [-0.39, 0.29) is 5.78 Å². The van der Waals surface area contributed by atoms with Gasteiger partial charge in [0.15, 0.2) is 5.78 Å².